The van der Waals surface area contributed by atoms with Gasteiger partial charge in [0.05, 0.1) is 0 Å². The molecule has 0 spiro atoms. The summed E-state index contributed by atoms with van der Waals surface area (Å²) in [7, 11) is 0. The molecule has 46 valence electrons. The summed E-state index contributed by atoms with van der Waals surface area (Å²) in [6.45, 7) is 0. The molecule has 0 saturated carbocycles. The average Bonchev–Trinajstić information content (AvgIpc) is 1.68. The van der Waals surface area contributed by atoms with Crippen LogP contribution in [0.15, 0.2) is 11.6 Å². The van der Waals surface area contributed by atoms with Crippen molar-refractivity contribution in [2.75, 3.05) is 5.88 Å². The van der Waals surface area contributed by atoms with E-state index in [-0.39, 0.29) is 5.78 Å². The van der Waals surface area contributed by atoms with E-state index in [0.717, 1.165) is 0 Å². The molecule has 8 heavy (non-hydrogen) atoms. The van der Waals surface area contributed by atoms with E-state index in [1.54, 1.807) is 0 Å². The van der Waals surface area contributed by atoms with E-state index in [4.69, 9.17) is 23.2 Å². The first-order valence-electron chi connectivity index (χ1n) is 2.17. The number of hydrogen-bond donors (Lipinski definition) is 0. The van der Waals surface area contributed by atoms with Crippen LogP contribution in [0.25, 0.3) is 0 Å². The molecule has 0 radical (unpaired) electrons. The summed E-state index contributed by atoms with van der Waals surface area (Å²) in [5, 5.41) is 0. The molecule has 0 aromatic heterocycles. The molecule has 0 aliphatic carbocycles. The van der Waals surface area contributed by atoms with Gasteiger partial charge in [-0.05, 0) is 6.08 Å². The maximum absolute atomic E-state index is 10.4. The van der Waals surface area contributed by atoms with Crippen molar-refractivity contribution in [2.45, 2.75) is 6.42 Å². The number of hydrogen-bond acceptors (Lipinski definition) is 1. The number of alkyl halides is 1. The zero-order chi connectivity index (χ0) is 6.41. The first-order chi connectivity index (χ1) is 3.81. The molecule has 0 fully saturated rings. The predicted molar refractivity (Wildman–Crippen MR) is 35.3 cm³/mol. The van der Waals surface area contributed by atoms with Crippen LogP contribution in [0.1, 0.15) is 6.42 Å². The van der Waals surface area contributed by atoms with E-state index in [0.29, 0.717) is 12.3 Å². The number of carbonyl (C=O) groups is 1. The van der Waals surface area contributed by atoms with Crippen LogP contribution in [0.3, 0.4) is 0 Å². The molecule has 0 aliphatic heterocycles. The van der Waals surface area contributed by atoms with Crippen molar-refractivity contribution in [3.8, 4) is 0 Å². The Morgan fingerprint density at radius 3 is 2.62 bits per heavy atom. The zero-order valence-electron chi connectivity index (χ0n) is 4.23. The molecular weight excluding hydrogens is 147 g/mol. The highest BCUT2D eigenvalue weighted by Crippen LogP contribution is 1.89. The number of halogens is 2. The van der Waals surface area contributed by atoms with Crippen molar-refractivity contribution >= 4 is 29.0 Å². The third-order valence-electron chi connectivity index (χ3n) is 0.590. The first kappa shape index (κ1) is 7.99. The number of carbonyl (C=O) groups excluding carboxylic acids is 1. The standard InChI is InChI=1S/C5H6Cl2O/c6-3-1-5(8)2-4-7/h1,3H,2,4H2/b3-1+. The third kappa shape index (κ3) is 4.16. The molecule has 0 heterocycles. The lowest BCUT2D eigenvalue weighted by Gasteiger charge is -1.82. The van der Waals surface area contributed by atoms with Crippen LogP contribution in [-0.2, 0) is 4.79 Å². The van der Waals surface area contributed by atoms with Crippen molar-refractivity contribution in [3.63, 3.8) is 0 Å². The van der Waals surface area contributed by atoms with Gasteiger partial charge in [0.25, 0.3) is 0 Å². The van der Waals surface area contributed by atoms with Crippen molar-refractivity contribution in [1.29, 1.82) is 0 Å². The smallest absolute Gasteiger partial charge is 0.157 e. The quantitative estimate of drug-likeness (QED) is 0.447. The molecular formula is C5H6Cl2O. The van der Waals surface area contributed by atoms with E-state index >= 15 is 0 Å². The highest BCUT2D eigenvalue weighted by atomic mass is 35.5. The molecule has 0 N–H and O–H groups in total. The van der Waals surface area contributed by atoms with Gasteiger partial charge in [0.1, 0.15) is 0 Å². The molecule has 0 saturated heterocycles. The Balaban J connectivity index is 3.33. The average molecular weight is 153 g/mol. The zero-order valence-corrected chi connectivity index (χ0v) is 5.74. The van der Waals surface area contributed by atoms with Crippen LogP contribution >= 0.6 is 23.2 Å². The fraction of sp³-hybridized carbons (Fsp3) is 0.400. The van der Waals surface area contributed by atoms with Crippen LogP contribution in [0.2, 0.25) is 0 Å². The number of ketones is 1. The fourth-order valence-electron chi connectivity index (χ4n) is 0.247. The minimum Gasteiger partial charge on any atom is -0.295 e. The molecule has 1 nitrogen and oxygen atoms in total. The van der Waals surface area contributed by atoms with Gasteiger partial charge in [-0.2, -0.15) is 0 Å². The second kappa shape index (κ2) is 5.13. The van der Waals surface area contributed by atoms with Gasteiger partial charge in [-0.1, -0.05) is 11.6 Å². The van der Waals surface area contributed by atoms with Crippen LogP contribution in [0, 0.1) is 0 Å². The van der Waals surface area contributed by atoms with E-state index in [2.05, 4.69) is 0 Å². The molecule has 0 aromatic rings. The summed E-state index contributed by atoms with van der Waals surface area (Å²) >= 11 is 10.3. The van der Waals surface area contributed by atoms with Gasteiger partial charge >= 0.3 is 0 Å². The predicted octanol–water partition coefficient (Wildman–Crippen LogP) is 1.94. The van der Waals surface area contributed by atoms with Crippen molar-refractivity contribution in [2.24, 2.45) is 0 Å². The van der Waals surface area contributed by atoms with Gasteiger partial charge < -0.3 is 0 Å². The Morgan fingerprint density at radius 2 is 2.25 bits per heavy atom. The summed E-state index contributed by atoms with van der Waals surface area (Å²) in [4.78, 5) is 10.4. The lowest BCUT2D eigenvalue weighted by molar-refractivity contribution is -0.114. The summed E-state index contributed by atoms with van der Waals surface area (Å²) in [5.74, 6) is 0.329. The Hall–Kier alpha value is -0.0100. The van der Waals surface area contributed by atoms with Gasteiger partial charge in [-0.3, -0.25) is 4.79 Å². The van der Waals surface area contributed by atoms with Crippen molar-refractivity contribution in [1.82, 2.24) is 0 Å². The highest BCUT2D eigenvalue weighted by Gasteiger charge is 1.90. The van der Waals surface area contributed by atoms with Gasteiger partial charge in [0, 0.05) is 17.8 Å². The molecule has 0 unspecified atom stereocenters. The van der Waals surface area contributed by atoms with Crippen molar-refractivity contribution < 1.29 is 4.79 Å². The van der Waals surface area contributed by atoms with Crippen LogP contribution < -0.4 is 0 Å². The first-order valence-corrected chi connectivity index (χ1v) is 3.14. The van der Waals surface area contributed by atoms with Gasteiger partial charge in [0.15, 0.2) is 5.78 Å². The number of rotatable bonds is 3. The summed E-state index contributed by atoms with van der Waals surface area (Å²) < 4.78 is 0. The normalized spacial score (nSPS) is 10.2. The minimum absolute atomic E-state index is 0.0324. The largest absolute Gasteiger partial charge is 0.295 e. The van der Waals surface area contributed by atoms with Crippen LogP contribution in [0.4, 0.5) is 0 Å². The minimum atomic E-state index is -0.0324. The van der Waals surface area contributed by atoms with E-state index in [1.165, 1.54) is 11.6 Å². The second-order valence-electron chi connectivity index (χ2n) is 1.20. The van der Waals surface area contributed by atoms with E-state index in [9.17, 15) is 4.79 Å². The molecule has 0 atom stereocenters. The fourth-order valence-corrected chi connectivity index (χ4v) is 0.574. The highest BCUT2D eigenvalue weighted by molar-refractivity contribution is 6.27. The van der Waals surface area contributed by atoms with E-state index in [1.807, 2.05) is 0 Å². The lowest BCUT2D eigenvalue weighted by Crippen LogP contribution is -1.90. The maximum Gasteiger partial charge on any atom is 0.157 e. The molecule has 0 rings (SSSR count). The molecule has 0 aliphatic rings. The van der Waals surface area contributed by atoms with Gasteiger partial charge in [-0.25, -0.2) is 0 Å². The summed E-state index contributed by atoms with van der Waals surface area (Å²) in [6.07, 6.45) is 1.66. The third-order valence-corrected chi connectivity index (χ3v) is 0.905. The van der Waals surface area contributed by atoms with E-state index < -0.39 is 0 Å². The Morgan fingerprint density at radius 1 is 1.62 bits per heavy atom. The summed E-state index contributed by atoms with van der Waals surface area (Å²) in [6, 6.07) is 0. The SMILES string of the molecule is O=C(/C=C/Cl)CCCl. The monoisotopic (exact) mass is 152 g/mol. The van der Waals surface area contributed by atoms with Crippen LogP contribution in [-0.4, -0.2) is 11.7 Å². The Kier molecular flexibility index (Phi) is 5.13. The van der Waals surface area contributed by atoms with Crippen molar-refractivity contribution in [3.05, 3.63) is 11.6 Å². The molecule has 0 amide bonds. The van der Waals surface area contributed by atoms with Gasteiger partial charge in [-0.15, -0.1) is 11.6 Å². The van der Waals surface area contributed by atoms with Crippen LogP contribution in [0.5, 0.6) is 0 Å². The van der Waals surface area contributed by atoms with Gasteiger partial charge in [0.2, 0.25) is 0 Å². The second-order valence-corrected chi connectivity index (χ2v) is 1.83. The Labute approximate surface area is 58.3 Å². The maximum atomic E-state index is 10.4. The molecule has 3 heteroatoms. The molecule has 0 bridgehead atoms. The molecule has 0 aromatic carbocycles. The number of allylic oxidation sites excluding steroid dienone is 1. The lowest BCUT2D eigenvalue weighted by atomic mass is 10.3. The Bertz CT molecular complexity index is 98.6. The topological polar surface area (TPSA) is 17.1 Å². The summed E-state index contributed by atoms with van der Waals surface area (Å²) in [5.41, 5.74) is 1.19.